The topological polar surface area (TPSA) is 79.3 Å². The van der Waals surface area contributed by atoms with Crippen molar-refractivity contribution in [2.75, 3.05) is 38.9 Å². The number of β-amino-alcohol motifs (C(OH)–C–C–N with tert-alkyl or cyclic N) is 1. The quantitative estimate of drug-likeness (QED) is 0.359. The van der Waals surface area contributed by atoms with Gasteiger partial charge in [-0.25, -0.2) is 0 Å². The summed E-state index contributed by atoms with van der Waals surface area (Å²) in [5.74, 6) is 2.78. The number of hydrogen-bond acceptors (Lipinski definition) is 6. The maximum Gasteiger partial charge on any atom is 0.333 e. The minimum atomic E-state index is -3.56. The highest BCUT2D eigenvalue weighted by atomic mass is 31.2. The van der Waals surface area contributed by atoms with Gasteiger partial charge in [0.1, 0.15) is 0 Å². The van der Waals surface area contributed by atoms with E-state index in [-0.39, 0.29) is 24.3 Å². The third-order valence-electron chi connectivity index (χ3n) is 9.24. The first kappa shape index (κ1) is 31.1. The molecule has 0 spiro atoms. The Hall–Kier alpha value is -0.460. The van der Waals surface area contributed by atoms with Crippen molar-refractivity contribution in [1.82, 2.24) is 9.80 Å². The van der Waals surface area contributed by atoms with Crippen LogP contribution < -0.4 is 0 Å². The molecule has 0 radical (unpaired) electrons. The zero-order chi connectivity index (χ0) is 27.3. The Labute approximate surface area is 226 Å². The number of nitrogens with zero attached hydrogens (tertiary/aromatic N) is 2. The second kappa shape index (κ2) is 13.7. The highest BCUT2D eigenvalue weighted by Crippen LogP contribution is 2.56. The molecule has 216 valence electrons. The van der Waals surface area contributed by atoms with Crippen molar-refractivity contribution >= 4 is 13.5 Å². The third-order valence-corrected chi connectivity index (χ3v) is 11.3. The van der Waals surface area contributed by atoms with E-state index in [0.29, 0.717) is 68.2 Å². The van der Waals surface area contributed by atoms with E-state index in [4.69, 9.17) is 9.05 Å². The van der Waals surface area contributed by atoms with Gasteiger partial charge in [0.2, 0.25) is 5.91 Å². The van der Waals surface area contributed by atoms with E-state index in [1.807, 2.05) is 4.90 Å². The Bertz CT molecular complexity index is 731. The minimum Gasteiger partial charge on any atom is -0.391 e. The number of carbonyl (C=O) groups is 1. The van der Waals surface area contributed by atoms with E-state index in [1.54, 1.807) is 6.92 Å². The summed E-state index contributed by atoms with van der Waals surface area (Å²) in [6.07, 6.45) is 5.36. The molecule has 2 aliphatic carbocycles. The molecule has 1 aliphatic heterocycles. The summed E-state index contributed by atoms with van der Waals surface area (Å²) >= 11 is 0. The molecule has 37 heavy (non-hydrogen) atoms. The van der Waals surface area contributed by atoms with Gasteiger partial charge in [-0.05, 0) is 61.2 Å². The van der Waals surface area contributed by atoms with Crippen LogP contribution >= 0.6 is 7.60 Å². The molecular weight excluding hydrogens is 487 g/mol. The van der Waals surface area contributed by atoms with Gasteiger partial charge < -0.3 is 19.1 Å². The van der Waals surface area contributed by atoms with Gasteiger partial charge in [-0.2, -0.15) is 0 Å². The number of piperazine rings is 1. The van der Waals surface area contributed by atoms with Crippen LogP contribution in [0.4, 0.5) is 0 Å². The summed E-state index contributed by atoms with van der Waals surface area (Å²) in [5.41, 5.74) is 0. The highest BCUT2D eigenvalue weighted by Gasteiger charge is 2.43. The molecule has 8 heteroatoms. The van der Waals surface area contributed by atoms with Crippen LogP contribution in [0.3, 0.4) is 0 Å². The van der Waals surface area contributed by atoms with Crippen LogP contribution in [0.1, 0.15) is 87.0 Å². The average molecular weight is 543 g/mol. The van der Waals surface area contributed by atoms with Gasteiger partial charge in [0.25, 0.3) is 0 Å². The molecule has 3 aliphatic rings. The summed E-state index contributed by atoms with van der Waals surface area (Å²) in [6.45, 7) is 18.2. The zero-order valence-electron chi connectivity index (χ0n) is 24.6. The first-order chi connectivity index (χ1) is 17.4. The molecule has 0 aromatic carbocycles. The fraction of sp³-hybridized carbons (Fsp3) is 0.966. The maximum absolute atomic E-state index is 14.6. The molecular formula is C29H55N2O5P. The van der Waals surface area contributed by atoms with Gasteiger partial charge in [-0.1, -0.05) is 54.4 Å². The monoisotopic (exact) mass is 542 g/mol. The standard InChI is InChI=1S/C29H55N2O5P/c1-20(2)26-10-8-22(5)16-28(26)35-37(34,36-29-17-23(6)9-11-27(29)21(3)4)19-25(33)18-30-12-14-31(15-13-30)24(7)32/h20-23,25-29,33H,8-19H2,1-7H3. The lowest BCUT2D eigenvalue weighted by Gasteiger charge is -2.42. The van der Waals surface area contributed by atoms with Gasteiger partial charge in [0, 0.05) is 39.6 Å². The minimum absolute atomic E-state index is 0.0331. The Balaban J connectivity index is 1.75. The summed E-state index contributed by atoms with van der Waals surface area (Å²) in [7, 11) is -3.56. The number of aliphatic hydroxyl groups excluding tert-OH is 1. The fourth-order valence-electron chi connectivity index (χ4n) is 6.85. The van der Waals surface area contributed by atoms with E-state index in [1.165, 1.54) is 12.8 Å². The van der Waals surface area contributed by atoms with Gasteiger partial charge in [0.05, 0.1) is 24.5 Å². The third kappa shape index (κ3) is 9.03. The zero-order valence-corrected chi connectivity index (χ0v) is 25.5. The number of carbonyl (C=O) groups excluding carboxylic acids is 1. The maximum atomic E-state index is 14.6. The van der Waals surface area contributed by atoms with Gasteiger partial charge in [-0.3, -0.25) is 14.3 Å². The van der Waals surface area contributed by atoms with Crippen molar-refractivity contribution in [3.8, 4) is 0 Å². The van der Waals surface area contributed by atoms with Gasteiger partial charge in [0.15, 0.2) is 0 Å². The smallest absolute Gasteiger partial charge is 0.333 e. The summed E-state index contributed by atoms with van der Waals surface area (Å²) < 4.78 is 27.8. The molecule has 1 N–H and O–H groups in total. The van der Waals surface area contributed by atoms with Crippen LogP contribution in [0, 0.1) is 35.5 Å². The van der Waals surface area contributed by atoms with Crippen LogP contribution in [-0.2, 0) is 18.4 Å². The first-order valence-electron chi connectivity index (χ1n) is 15.0. The molecule has 3 rings (SSSR count). The molecule has 0 aromatic rings. The Morgan fingerprint density at radius 2 is 1.32 bits per heavy atom. The molecule has 3 fully saturated rings. The normalized spacial score (nSPS) is 34.5. The molecule has 1 amide bonds. The molecule has 2 saturated carbocycles. The van der Waals surface area contributed by atoms with Crippen molar-refractivity contribution in [2.45, 2.75) is 105 Å². The van der Waals surface area contributed by atoms with Crippen LogP contribution in [0.2, 0.25) is 0 Å². The lowest BCUT2D eigenvalue weighted by molar-refractivity contribution is -0.130. The SMILES string of the molecule is CC(=O)N1CCN(CC(O)CP(=O)(OC2CC(C)CCC2C(C)C)OC2CC(C)CCC2C(C)C)CC1. The Morgan fingerprint density at radius 1 is 0.865 bits per heavy atom. The summed E-state index contributed by atoms with van der Waals surface area (Å²) in [4.78, 5) is 15.7. The van der Waals surface area contributed by atoms with Crippen molar-refractivity contribution in [3.63, 3.8) is 0 Å². The van der Waals surface area contributed by atoms with E-state index >= 15 is 0 Å². The first-order valence-corrected chi connectivity index (χ1v) is 16.7. The molecule has 7 nitrogen and oxygen atoms in total. The van der Waals surface area contributed by atoms with E-state index in [9.17, 15) is 14.5 Å². The van der Waals surface area contributed by atoms with Crippen LogP contribution in [0.15, 0.2) is 0 Å². The van der Waals surface area contributed by atoms with Crippen LogP contribution in [-0.4, -0.2) is 78.0 Å². The largest absolute Gasteiger partial charge is 0.391 e. The van der Waals surface area contributed by atoms with E-state index in [0.717, 1.165) is 25.7 Å². The predicted octanol–water partition coefficient (Wildman–Crippen LogP) is 5.66. The summed E-state index contributed by atoms with van der Waals surface area (Å²) in [5, 5.41) is 11.2. The second-order valence-corrected chi connectivity index (χ2v) is 15.2. The number of hydrogen-bond donors (Lipinski definition) is 1. The van der Waals surface area contributed by atoms with Crippen molar-refractivity contribution in [2.24, 2.45) is 35.5 Å². The fourth-order valence-corrected chi connectivity index (χ4v) is 9.02. The number of rotatable bonds is 10. The lowest BCUT2D eigenvalue weighted by atomic mass is 9.75. The van der Waals surface area contributed by atoms with Crippen molar-refractivity contribution in [1.29, 1.82) is 0 Å². The average Bonchev–Trinajstić information content (AvgIpc) is 2.78. The molecule has 0 bridgehead atoms. The summed E-state index contributed by atoms with van der Waals surface area (Å²) in [6, 6.07) is 0. The second-order valence-electron chi connectivity index (χ2n) is 13.2. The van der Waals surface area contributed by atoms with Gasteiger partial charge in [-0.15, -0.1) is 0 Å². The van der Waals surface area contributed by atoms with E-state index in [2.05, 4.69) is 46.4 Å². The Kier molecular flexibility index (Phi) is 11.5. The molecule has 1 saturated heterocycles. The van der Waals surface area contributed by atoms with Crippen LogP contribution in [0.5, 0.6) is 0 Å². The lowest BCUT2D eigenvalue weighted by Crippen LogP contribution is -2.50. The highest BCUT2D eigenvalue weighted by molar-refractivity contribution is 7.53. The predicted molar refractivity (Wildman–Crippen MR) is 150 cm³/mol. The number of amides is 1. The molecule has 0 aromatic heterocycles. The van der Waals surface area contributed by atoms with Crippen molar-refractivity contribution < 1.29 is 23.5 Å². The van der Waals surface area contributed by atoms with Gasteiger partial charge >= 0.3 is 7.60 Å². The van der Waals surface area contributed by atoms with E-state index < -0.39 is 13.7 Å². The molecule has 7 unspecified atom stereocenters. The molecule has 1 heterocycles. The molecule has 7 atom stereocenters. The van der Waals surface area contributed by atoms with Crippen LogP contribution in [0.25, 0.3) is 0 Å². The Morgan fingerprint density at radius 3 is 1.73 bits per heavy atom. The van der Waals surface area contributed by atoms with Crippen molar-refractivity contribution in [3.05, 3.63) is 0 Å². The number of aliphatic hydroxyl groups is 1.